The summed E-state index contributed by atoms with van der Waals surface area (Å²) in [6, 6.07) is 9.61. The largest absolute Gasteiger partial charge is 0.487 e. The lowest BCUT2D eigenvalue weighted by atomic mass is 10.1. The first kappa shape index (κ1) is 15.8. The molecule has 1 N–H and O–H groups in total. The quantitative estimate of drug-likeness (QED) is 0.834. The van der Waals surface area contributed by atoms with Crippen LogP contribution in [-0.4, -0.2) is 18.3 Å². The van der Waals surface area contributed by atoms with Crippen LogP contribution in [0.1, 0.15) is 11.7 Å². The highest BCUT2D eigenvalue weighted by Crippen LogP contribution is 2.28. The van der Waals surface area contributed by atoms with Crippen LogP contribution in [0.2, 0.25) is 0 Å². The molecule has 0 amide bonds. The second kappa shape index (κ2) is 7.43. The highest BCUT2D eigenvalue weighted by molar-refractivity contribution is 5.39. The lowest BCUT2D eigenvalue weighted by Gasteiger charge is -2.15. The number of hydrogen-bond donors (Lipinski definition) is 1. The first-order valence-corrected chi connectivity index (χ1v) is 6.53. The number of halogens is 2. The molecule has 2 rings (SSSR count). The highest BCUT2D eigenvalue weighted by Gasteiger charge is 2.15. The smallest absolute Gasteiger partial charge is 0.162 e. The zero-order chi connectivity index (χ0) is 15.9. The van der Waals surface area contributed by atoms with Crippen LogP contribution in [0.5, 0.6) is 11.5 Å². The Morgan fingerprint density at radius 1 is 1.09 bits per heavy atom. The molecule has 1 unspecified atom stereocenters. The number of aliphatic hydroxyl groups excluding tert-OH is 1. The van der Waals surface area contributed by atoms with Crippen molar-refractivity contribution in [1.29, 1.82) is 0 Å². The molecule has 0 saturated heterocycles. The van der Waals surface area contributed by atoms with Crippen LogP contribution in [-0.2, 0) is 0 Å². The molecule has 0 bridgehead atoms. The van der Waals surface area contributed by atoms with E-state index in [1.807, 2.05) is 0 Å². The monoisotopic (exact) mass is 304 g/mol. The average Bonchev–Trinajstić information content (AvgIpc) is 2.53. The second-order valence-corrected chi connectivity index (χ2v) is 4.43. The summed E-state index contributed by atoms with van der Waals surface area (Å²) in [6.07, 6.45) is 3.81. The van der Waals surface area contributed by atoms with E-state index in [0.717, 1.165) is 18.2 Å². The molecule has 0 heterocycles. The lowest BCUT2D eigenvalue weighted by Crippen LogP contribution is -2.12. The SMILES string of the molecule is C#CCOc1ccccc1OCC(O)c1cc(F)ccc1F. The summed E-state index contributed by atoms with van der Waals surface area (Å²) in [7, 11) is 0. The second-order valence-electron chi connectivity index (χ2n) is 4.43. The van der Waals surface area contributed by atoms with Gasteiger partial charge in [0.2, 0.25) is 0 Å². The van der Waals surface area contributed by atoms with Crippen LogP contribution in [0.15, 0.2) is 42.5 Å². The minimum atomic E-state index is -1.31. The molecule has 0 spiro atoms. The van der Waals surface area contributed by atoms with Gasteiger partial charge in [-0.15, -0.1) is 6.42 Å². The minimum Gasteiger partial charge on any atom is -0.487 e. The van der Waals surface area contributed by atoms with E-state index in [0.29, 0.717) is 11.5 Å². The van der Waals surface area contributed by atoms with Gasteiger partial charge >= 0.3 is 0 Å². The summed E-state index contributed by atoms with van der Waals surface area (Å²) in [5.41, 5.74) is -0.165. The Morgan fingerprint density at radius 2 is 1.77 bits per heavy atom. The number of hydrogen-bond acceptors (Lipinski definition) is 3. The molecule has 3 nitrogen and oxygen atoms in total. The van der Waals surface area contributed by atoms with Gasteiger partial charge in [-0.1, -0.05) is 18.1 Å². The number of aliphatic hydroxyl groups is 1. The molecule has 2 aromatic rings. The molecular weight excluding hydrogens is 290 g/mol. The first-order chi connectivity index (χ1) is 10.6. The maximum atomic E-state index is 13.6. The fraction of sp³-hybridized carbons (Fsp3) is 0.176. The Morgan fingerprint density at radius 3 is 2.45 bits per heavy atom. The van der Waals surface area contributed by atoms with Crippen LogP contribution >= 0.6 is 0 Å². The van der Waals surface area contributed by atoms with E-state index in [1.54, 1.807) is 24.3 Å². The number of ether oxygens (including phenoxy) is 2. The summed E-state index contributed by atoms with van der Waals surface area (Å²) in [5.74, 6) is 1.76. The van der Waals surface area contributed by atoms with Crippen molar-refractivity contribution in [3.63, 3.8) is 0 Å². The van der Waals surface area contributed by atoms with Crippen molar-refractivity contribution in [1.82, 2.24) is 0 Å². The standard InChI is InChI=1S/C17H14F2O3/c1-2-9-21-16-5-3-4-6-17(16)22-11-15(20)13-10-12(18)7-8-14(13)19/h1,3-8,10,15,20H,9,11H2. The number of para-hydroxylation sites is 2. The topological polar surface area (TPSA) is 38.7 Å². The number of terminal acetylenes is 1. The summed E-state index contributed by atoms with van der Waals surface area (Å²) < 4.78 is 37.4. The lowest BCUT2D eigenvalue weighted by molar-refractivity contribution is 0.102. The molecule has 0 aliphatic rings. The van der Waals surface area contributed by atoms with Crippen LogP contribution in [0, 0.1) is 24.0 Å². The van der Waals surface area contributed by atoms with Crippen LogP contribution < -0.4 is 9.47 Å². The maximum absolute atomic E-state index is 13.6. The van der Waals surface area contributed by atoms with E-state index in [-0.39, 0.29) is 18.8 Å². The van der Waals surface area contributed by atoms with Gasteiger partial charge in [-0.25, -0.2) is 8.78 Å². The summed E-state index contributed by atoms with van der Waals surface area (Å²) >= 11 is 0. The van der Waals surface area contributed by atoms with Crippen molar-refractivity contribution < 1.29 is 23.4 Å². The number of benzene rings is 2. The molecule has 0 fully saturated rings. The summed E-state index contributed by atoms with van der Waals surface area (Å²) in [4.78, 5) is 0. The molecule has 1 atom stereocenters. The number of rotatable bonds is 6. The van der Waals surface area contributed by atoms with Gasteiger partial charge in [0.15, 0.2) is 11.5 Å². The summed E-state index contributed by atoms with van der Waals surface area (Å²) in [6.45, 7) is -0.182. The third kappa shape index (κ3) is 3.96. The molecule has 0 aromatic heterocycles. The Kier molecular flexibility index (Phi) is 5.34. The molecule has 0 aliphatic heterocycles. The van der Waals surface area contributed by atoms with Crippen molar-refractivity contribution in [2.24, 2.45) is 0 Å². The Hall–Kier alpha value is -2.58. The van der Waals surface area contributed by atoms with E-state index in [2.05, 4.69) is 5.92 Å². The predicted octanol–water partition coefficient (Wildman–Crippen LogP) is 3.09. The van der Waals surface area contributed by atoms with Gasteiger partial charge in [-0.3, -0.25) is 0 Å². The van der Waals surface area contributed by atoms with E-state index in [1.165, 1.54) is 0 Å². The van der Waals surface area contributed by atoms with Crippen LogP contribution in [0.3, 0.4) is 0 Å². The minimum absolute atomic E-state index is 0.0709. The normalized spacial score (nSPS) is 11.5. The van der Waals surface area contributed by atoms with Crippen molar-refractivity contribution in [3.05, 3.63) is 59.7 Å². The van der Waals surface area contributed by atoms with Gasteiger partial charge in [0, 0.05) is 5.56 Å². The van der Waals surface area contributed by atoms with Crippen LogP contribution in [0.25, 0.3) is 0 Å². The predicted molar refractivity (Wildman–Crippen MR) is 77.6 cm³/mol. The highest BCUT2D eigenvalue weighted by atomic mass is 19.1. The van der Waals surface area contributed by atoms with Crippen molar-refractivity contribution >= 4 is 0 Å². The average molecular weight is 304 g/mol. The maximum Gasteiger partial charge on any atom is 0.162 e. The van der Waals surface area contributed by atoms with Gasteiger partial charge in [0.05, 0.1) is 0 Å². The van der Waals surface area contributed by atoms with E-state index in [4.69, 9.17) is 15.9 Å². The molecular formula is C17H14F2O3. The van der Waals surface area contributed by atoms with Crippen molar-refractivity contribution in [3.8, 4) is 23.8 Å². The van der Waals surface area contributed by atoms with Crippen molar-refractivity contribution in [2.75, 3.05) is 13.2 Å². The van der Waals surface area contributed by atoms with Crippen LogP contribution in [0.4, 0.5) is 8.78 Å². The zero-order valence-electron chi connectivity index (χ0n) is 11.6. The van der Waals surface area contributed by atoms with E-state index < -0.39 is 17.7 Å². The van der Waals surface area contributed by atoms with Gasteiger partial charge in [-0.05, 0) is 30.3 Å². The van der Waals surface area contributed by atoms with Crippen molar-refractivity contribution in [2.45, 2.75) is 6.10 Å². The van der Waals surface area contributed by atoms with Gasteiger partial charge in [-0.2, -0.15) is 0 Å². The van der Waals surface area contributed by atoms with Gasteiger partial charge in [0.1, 0.15) is 31.0 Å². The fourth-order valence-electron chi connectivity index (χ4n) is 1.84. The third-order valence-electron chi connectivity index (χ3n) is 2.87. The molecule has 0 aliphatic carbocycles. The Labute approximate surface area is 127 Å². The zero-order valence-corrected chi connectivity index (χ0v) is 11.6. The summed E-state index contributed by atoms with van der Waals surface area (Å²) in [5, 5.41) is 9.95. The Bertz CT molecular complexity index is 680. The van der Waals surface area contributed by atoms with Gasteiger partial charge in [0.25, 0.3) is 0 Å². The molecule has 5 heteroatoms. The Balaban J connectivity index is 2.06. The van der Waals surface area contributed by atoms with E-state index in [9.17, 15) is 13.9 Å². The third-order valence-corrected chi connectivity index (χ3v) is 2.87. The molecule has 2 aromatic carbocycles. The van der Waals surface area contributed by atoms with Gasteiger partial charge < -0.3 is 14.6 Å². The fourth-order valence-corrected chi connectivity index (χ4v) is 1.84. The molecule has 22 heavy (non-hydrogen) atoms. The molecule has 0 radical (unpaired) electrons. The first-order valence-electron chi connectivity index (χ1n) is 6.53. The molecule has 0 saturated carbocycles. The molecule has 114 valence electrons. The van der Waals surface area contributed by atoms with E-state index >= 15 is 0 Å².